The van der Waals surface area contributed by atoms with Crippen molar-refractivity contribution in [2.75, 3.05) is 0 Å². The topological polar surface area (TPSA) is 88.0 Å². The molecule has 0 radical (unpaired) electrons. The van der Waals surface area contributed by atoms with Gasteiger partial charge in [-0.25, -0.2) is 9.59 Å². The first kappa shape index (κ1) is 11.4. The van der Waals surface area contributed by atoms with Crippen molar-refractivity contribution in [1.29, 1.82) is 0 Å². The molecule has 6 nitrogen and oxygen atoms in total. The van der Waals surface area contributed by atoms with E-state index >= 15 is 0 Å². The van der Waals surface area contributed by atoms with Gasteiger partial charge in [-0.15, -0.1) is 5.10 Å². The number of carboxylic acid groups (broad SMARTS) is 1. The van der Waals surface area contributed by atoms with E-state index in [4.69, 9.17) is 16.7 Å². The van der Waals surface area contributed by atoms with Gasteiger partial charge in [-0.3, -0.25) is 4.98 Å². The first-order valence-corrected chi connectivity index (χ1v) is 5.06. The summed E-state index contributed by atoms with van der Waals surface area (Å²) < 4.78 is 0.977. The summed E-state index contributed by atoms with van der Waals surface area (Å²) in [6, 6.07) is 4.97. The molecule has 0 saturated carbocycles. The van der Waals surface area contributed by atoms with Gasteiger partial charge in [0.15, 0.2) is 0 Å². The molecule has 1 heterocycles. The Labute approximate surface area is 100 Å². The fourth-order valence-corrected chi connectivity index (χ4v) is 1.58. The van der Waals surface area contributed by atoms with Crippen molar-refractivity contribution in [3.8, 4) is 5.69 Å². The van der Waals surface area contributed by atoms with Crippen LogP contribution in [-0.4, -0.2) is 25.8 Å². The number of rotatable bonds is 2. The molecular formula is C10H8ClN3O3. The fraction of sp³-hybridized carbons (Fsp3) is 0.100. The van der Waals surface area contributed by atoms with Gasteiger partial charge >= 0.3 is 11.7 Å². The number of carbonyl (C=O) groups is 1. The van der Waals surface area contributed by atoms with Crippen molar-refractivity contribution >= 4 is 17.6 Å². The summed E-state index contributed by atoms with van der Waals surface area (Å²) in [7, 11) is 0. The van der Waals surface area contributed by atoms with Crippen LogP contribution in [0.5, 0.6) is 0 Å². The molecular weight excluding hydrogens is 246 g/mol. The van der Waals surface area contributed by atoms with E-state index in [0.29, 0.717) is 16.3 Å². The lowest BCUT2D eigenvalue weighted by atomic mass is 10.2. The molecule has 0 aliphatic heterocycles. The van der Waals surface area contributed by atoms with E-state index in [1.807, 2.05) is 0 Å². The number of aromatic nitrogens is 3. The molecule has 0 bridgehead atoms. The zero-order valence-electron chi connectivity index (χ0n) is 8.77. The summed E-state index contributed by atoms with van der Waals surface area (Å²) in [6.45, 7) is 1.72. The first-order valence-electron chi connectivity index (χ1n) is 4.69. The number of hydrogen-bond acceptors (Lipinski definition) is 3. The number of H-pyrrole nitrogens is 1. The minimum Gasteiger partial charge on any atom is -0.475 e. The molecule has 0 saturated heterocycles. The molecule has 2 N–H and O–H groups in total. The van der Waals surface area contributed by atoms with E-state index in [1.165, 1.54) is 0 Å². The number of carboxylic acids is 1. The van der Waals surface area contributed by atoms with Crippen molar-refractivity contribution < 1.29 is 9.90 Å². The lowest BCUT2D eigenvalue weighted by molar-refractivity contribution is 0.0683. The third-order valence-electron chi connectivity index (χ3n) is 2.29. The molecule has 0 spiro atoms. The monoisotopic (exact) mass is 253 g/mol. The quantitative estimate of drug-likeness (QED) is 0.842. The summed E-state index contributed by atoms with van der Waals surface area (Å²) >= 11 is 5.92. The molecule has 2 rings (SSSR count). The summed E-state index contributed by atoms with van der Waals surface area (Å²) in [6.07, 6.45) is 0. The summed E-state index contributed by atoms with van der Waals surface area (Å²) in [4.78, 5) is 24.4. The number of nitrogens with one attached hydrogen (secondary N) is 1. The highest BCUT2D eigenvalue weighted by molar-refractivity contribution is 6.31. The molecule has 0 fully saturated rings. The van der Waals surface area contributed by atoms with E-state index in [1.54, 1.807) is 25.1 Å². The number of aromatic amines is 1. The van der Waals surface area contributed by atoms with Crippen LogP contribution in [0.4, 0.5) is 0 Å². The van der Waals surface area contributed by atoms with Crippen LogP contribution in [0, 0.1) is 6.92 Å². The molecule has 0 amide bonds. The second-order valence-electron chi connectivity index (χ2n) is 3.38. The normalized spacial score (nSPS) is 10.5. The van der Waals surface area contributed by atoms with Gasteiger partial charge in [0.05, 0.1) is 5.69 Å². The third-order valence-corrected chi connectivity index (χ3v) is 2.70. The second-order valence-corrected chi connectivity index (χ2v) is 3.79. The molecule has 0 unspecified atom stereocenters. The highest BCUT2D eigenvalue weighted by atomic mass is 35.5. The molecule has 2 aromatic rings. The van der Waals surface area contributed by atoms with Gasteiger partial charge < -0.3 is 5.11 Å². The predicted octanol–water partition coefficient (Wildman–Crippen LogP) is 1.22. The first-order chi connectivity index (χ1) is 8.00. The molecule has 88 valence electrons. The van der Waals surface area contributed by atoms with Crippen molar-refractivity contribution in [1.82, 2.24) is 14.8 Å². The van der Waals surface area contributed by atoms with Gasteiger partial charge in [-0.2, -0.15) is 4.68 Å². The van der Waals surface area contributed by atoms with Crippen LogP contribution in [0.1, 0.15) is 16.2 Å². The van der Waals surface area contributed by atoms with Gasteiger partial charge in [0.25, 0.3) is 0 Å². The van der Waals surface area contributed by atoms with Crippen LogP contribution in [-0.2, 0) is 0 Å². The standard InChI is InChI=1S/C10H8ClN3O3/c1-5-6(11)3-2-4-7(5)14-10(17)12-8(13-14)9(15)16/h2-4H,1H3,(H,15,16)(H,12,13,17). The Balaban J connectivity index is 2.65. The van der Waals surface area contributed by atoms with Crippen LogP contribution in [0.2, 0.25) is 5.02 Å². The van der Waals surface area contributed by atoms with E-state index < -0.39 is 17.5 Å². The molecule has 0 atom stereocenters. The van der Waals surface area contributed by atoms with Gasteiger partial charge in [0.1, 0.15) is 0 Å². The van der Waals surface area contributed by atoms with Gasteiger partial charge in [0, 0.05) is 5.02 Å². The van der Waals surface area contributed by atoms with Crippen molar-refractivity contribution in [3.05, 3.63) is 45.1 Å². The summed E-state index contributed by atoms with van der Waals surface area (Å²) in [5, 5.41) is 12.9. The molecule has 0 aliphatic rings. The van der Waals surface area contributed by atoms with Gasteiger partial charge in [-0.05, 0) is 24.6 Å². The molecule has 7 heteroatoms. The largest absolute Gasteiger partial charge is 0.475 e. The minimum atomic E-state index is -1.29. The molecule has 17 heavy (non-hydrogen) atoms. The zero-order valence-corrected chi connectivity index (χ0v) is 9.52. The number of nitrogens with zero attached hydrogens (tertiary/aromatic N) is 2. The maximum atomic E-state index is 11.5. The number of benzene rings is 1. The predicted molar refractivity (Wildman–Crippen MR) is 60.9 cm³/mol. The minimum absolute atomic E-state index is 0.408. The molecule has 1 aromatic heterocycles. The van der Waals surface area contributed by atoms with Crippen LogP contribution in [0.3, 0.4) is 0 Å². The number of aromatic carboxylic acids is 1. The fourth-order valence-electron chi connectivity index (χ4n) is 1.41. The van der Waals surface area contributed by atoms with Crippen molar-refractivity contribution in [2.45, 2.75) is 6.92 Å². The lowest BCUT2D eigenvalue weighted by Gasteiger charge is -2.04. The van der Waals surface area contributed by atoms with E-state index in [0.717, 1.165) is 4.68 Å². The maximum absolute atomic E-state index is 11.5. The van der Waals surface area contributed by atoms with Crippen LogP contribution < -0.4 is 5.69 Å². The molecule has 0 aliphatic carbocycles. The van der Waals surface area contributed by atoms with E-state index in [-0.39, 0.29) is 0 Å². The zero-order chi connectivity index (χ0) is 12.6. The Hall–Kier alpha value is -2.08. The van der Waals surface area contributed by atoms with Crippen LogP contribution in [0.25, 0.3) is 5.69 Å². The number of halogens is 1. The van der Waals surface area contributed by atoms with Crippen molar-refractivity contribution in [2.24, 2.45) is 0 Å². The van der Waals surface area contributed by atoms with E-state index in [2.05, 4.69) is 10.1 Å². The Morgan fingerprint density at radius 1 is 1.53 bits per heavy atom. The van der Waals surface area contributed by atoms with E-state index in [9.17, 15) is 9.59 Å². The van der Waals surface area contributed by atoms with Crippen molar-refractivity contribution in [3.63, 3.8) is 0 Å². The Morgan fingerprint density at radius 3 is 2.82 bits per heavy atom. The Bertz CT molecular complexity index is 644. The Morgan fingerprint density at radius 2 is 2.24 bits per heavy atom. The number of hydrogen-bond donors (Lipinski definition) is 2. The molecule has 1 aromatic carbocycles. The highest BCUT2D eigenvalue weighted by Crippen LogP contribution is 2.20. The summed E-state index contributed by atoms with van der Waals surface area (Å²) in [5.41, 5.74) is 0.485. The van der Waals surface area contributed by atoms with Crippen LogP contribution in [0.15, 0.2) is 23.0 Å². The third kappa shape index (κ3) is 1.94. The average molecular weight is 254 g/mol. The average Bonchev–Trinajstić information content (AvgIpc) is 2.65. The Kier molecular flexibility index (Phi) is 2.72. The maximum Gasteiger partial charge on any atom is 0.373 e. The van der Waals surface area contributed by atoms with Gasteiger partial charge in [-0.1, -0.05) is 17.7 Å². The second kappa shape index (κ2) is 4.06. The summed E-state index contributed by atoms with van der Waals surface area (Å²) in [5.74, 6) is -1.70. The van der Waals surface area contributed by atoms with Gasteiger partial charge in [0.2, 0.25) is 5.82 Å². The van der Waals surface area contributed by atoms with Crippen LogP contribution >= 0.6 is 11.6 Å². The highest BCUT2D eigenvalue weighted by Gasteiger charge is 2.14. The SMILES string of the molecule is Cc1c(Cl)cccc1-n1nc(C(=O)O)[nH]c1=O. The smallest absolute Gasteiger partial charge is 0.373 e. The lowest BCUT2D eigenvalue weighted by Crippen LogP contribution is -2.16.